The minimum atomic E-state index is 0.651. The van der Waals surface area contributed by atoms with Crippen LogP contribution in [0.25, 0.3) is 0 Å². The minimum absolute atomic E-state index is 0.651. The van der Waals surface area contributed by atoms with Crippen LogP contribution in [0.3, 0.4) is 0 Å². The van der Waals surface area contributed by atoms with E-state index < -0.39 is 0 Å². The molecular weight excluding hydrogens is 240 g/mol. The molecule has 1 heterocycles. The van der Waals surface area contributed by atoms with E-state index in [0.717, 1.165) is 31.1 Å². The van der Waals surface area contributed by atoms with Crippen molar-refractivity contribution in [2.45, 2.75) is 39.2 Å². The number of hydrogen-bond donors (Lipinski definition) is 1. The molecule has 5 nitrogen and oxygen atoms in total. The highest BCUT2D eigenvalue weighted by molar-refractivity contribution is 5.32. The van der Waals surface area contributed by atoms with Gasteiger partial charge in [-0.05, 0) is 33.2 Å². The second kappa shape index (κ2) is 6.70. The third-order valence-electron chi connectivity index (χ3n) is 3.31. The Morgan fingerprint density at radius 3 is 2.95 bits per heavy atom. The Balaban J connectivity index is 1.83. The summed E-state index contributed by atoms with van der Waals surface area (Å²) in [6.45, 7) is 6.60. The van der Waals surface area contributed by atoms with E-state index in [1.54, 1.807) is 0 Å². The Bertz CT molecular complexity index is 406. The van der Waals surface area contributed by atoms with Crippen LogP contribution in [0.1, 0.15) is 31.7 Å². The van der Waals surface area contributed by atoms with Crippen LogP contribution in [-0.2, 0) is 0 Å². The second-order valence-electron chi connectivity index (χ2n) is 5.17. The van der Waals surface area contributed by atoms with Gasteiger partial charge in [-0.1, -0.05) is 6.92 Å². The molecule has 1 aliphatic rings. The van der Waals surface area contributed by atoms with E-state index in [1.165, 1.54) is 12.8 Å². The molecule has 0 amide bonds. The van der Waals surface area contributed by atoms with E-state index in [4.69, 9.17) is 4.74 Å². The summed E-state index contributed by atoms with van der Waals surface area (Å²) in [6.07, 6.45) is 5.52. The SMILES string of the molecule is CCCNc1ncc(C)c(OCCN(C)C2CC2)n1. The molecule has 1 aromatic rings. The lowest BCUT2D eigenvalue weighted by molar-refractivity contribution is 0.225. The fourth-order valence-electron chi connectivity index (χ4n) is 1.88. The normalized spacial score (nSPS) is 14.7. The van der Waals surface area contributed by atoms with Crippen LogP contribution in [-0.4, -0.2) is 47.7 Å². The number of likely N-dealkylation sites (N-methyl/N-ethyl adjacent to an activating group) is 1. The number of aryl methyl sites for hydroxylation is 1. The van der Waals surface area contributed by atoms with Crippen molar-refractivity contribution in [3.63, 3.8) is 0 Å². The van der Waals surface area contributed by atoms with Gasteiger partial charge in [0, 0.05) is 30.9 Å². The van der Waals surface area contributed by atoms with E-state index in [2.05, 4.69) is 34.2 Å². The molecule has 19 heavy (non-hydrogen) atoms. The van der Waals surface area contributed by atoms with E-state index in [9.17, 15) is 0 Å². The summed E-state index contributed by atoms with van der Waals surface area (Å²) < 4.78 is 5.77. The number of nitrogens with zero attached hydrogens (tertiary/aromatic N) is 3. The molecule has 5 heteroatoms. The van der Waals surface area contributed by atoms with Crippen molar-refractivity contribution in [3.8, 4) is 5.88 Å². The molecule has 0 aliphatic heterocycles. The minimum Gasteiger partial charge on any atom is -0.476 e. The van der Waals surface area contributed by atoms with Gasteiger partial charge in [0.2, 0.25) is 11.8 Å². The van der Waals surface area contributed by atoms with Gasteiger partial charge in [0.05, 0.1) is 0 Å². The fourth-order valence-corrected chi connectivity index (χ4v) is 1.88. The number of aromatic nitrogens is 2. The Hall–Kier alpha value is -1.36. The van der Waals surface area contributed by atoms with Crippen molar-refractivity contribution < 1.29 is 4.74 Å². The maximum atomic E-state index is 5.77. The molecule has 2 rings (SSSR count). The molecule has 1 N–H and O–H groups in total. The van der Waals surface area contributed by atoms with E-state index >= 15 is 0 Å². The number of nitrogens with one attached hydrogen (secondary N) is 1. The Morgan fingerprint density at radius 1 is 1.47 bits per heavy atom. The van der Waals surface area contributed by atoms with Crippen LogP contribution in [0.2, 0.25) is 0 Å². The van der Waals surface area contributed by atoms with Gasteiger partial charge in [-0.2, -0.15) is 4.98 Å². The first-order chi connectivity index (χ1) is 9.20. The first-order valence-corrected chi connectivity index (χ1v) is 7.11. The average molecular weight is 264 g/mol. The van der Waals surface area contributed by atoms with Gasteiger partial charge in [0.25, 0.3) is 0 Å². The number of hydrogen-bond acceptors (Lipinski definition) is 5. The zero-order valence-electron chi connectivity index (χ0n) is 12.1. The van der Waals surface area contributed by atoms with Gasteiger partial charge >= 0.3 is 0 Å². The van der Waals surface area contributed by atoms with Crippen LogP contribution in [0, 0.1) is 6.92 Å². The van der Waals surface area contributed by atoms with Crippen LogP contribution in [0.4, 0.5) is 5.95 Å². The van der Waals surface area contributed by atoms with E-state index in [0.29, 0.717) is 18.4 Å². The monoisotopic (exact) mass is 264 g/mol. The van der Waals surface area contributed by atoms with Gasteiger partial charge in [-0.3, -0.25) is 0 Å². The summed E-state index contributed by atoms with van der Waals surface area (Å²) in [5.41, 5.74) is 0.983. The van der Waals surface area contributed by atoms with Crippen molar-refractivity contribution in [2.75, 3.05) is 32.1 Å². The number of anilines is 1. The highest BCUT2D eigenvalue weighted by Gasteiger charge is 2.25. The van der Waals surface area contributed by atoms with Crippen molar-refractivity contribution in [2.24, 2.45) is 0 Å². The highest BCUT2D eigenvalue weighted by atomic mass is 16.5. The fraction of sp³-hybridized carbons (Fsp3) is 0.714. The van der Waals surface area contributed by atoms with Gasteiger partial charge < -0.3 is 15.0 Å². The highest BCUT2D eigenvalue weighted by Crippen LogP contribution is 2.25. The number of rotatable bonds is 8. The summed E-state index contributed by atoms with van der Waals surface area (Å²) in [6, 6.07) is 0.775. The predicted octanol–water partition coefficient (Wildman–Crippen LogP) is 2.08. The quantitative estimate of drug-likeness (QED) is 0.779. The van der Waals surface area contributed by atoms with Gasteiger partial charge in [0.15, 0.2) is 0 Å². The molecule has 1 fully saturated rings. The second-order valence-corrected chi connectivity index (χ2v) is 5.17. The third-order valence-corrected chi connectivity index (χ3v) is 3.31. The molecular formula is C14H24N4O. The summed E-state index contributed by atoms with van der Waals surface area (Å²) in [5, 5.41) is 3.18. The number of ether oxygens (including phenoxy) is 1. The van der Waals surface area contributed by atoms with Crippen molar-refractivity contribution >= 4 is 5.95 Å². The topological polar surface area (TPSA) is 50.3 Å². The summed E-state index contributed by atoms with van der Waals surface area (Å²) in [7, 11) is 2.15. The maximum Gasteiger partial charge on any atom is 0.225 e. The third kappa shape index (κ3) is 4.35. The van der Waals surface area contributed by atoms with Gasteiger partial charge in [0.1, 0.15) is 6.61 Å². The smallest absolute Gasteiger partial charge is 0.225 e. The van der Waals surface area contributed by atoms with E-state index in [-0.39, 0.29) is 0 Å². The Labute approximate surface area is 115 Å². The molecule has 0 radical (unpaired) electrons. The Morgan fingerprint density at radius 2 is 2.26 bits per heavy atom. The van der Waals surface area contributed by atoms with Crippen LogP contribution in [0.15, 0.2) is 6.20 Å². The van der Waals surface area contributed by atoms with Gasteiger partial charge in [-0.25, -0.2) is 4.98 Å². The molecule has 1 saturated carbocycles. The lowest BCUT2D eigenvalue weighted by atomic mass is 10.4. The predicted molar refractivity (Wildman–Crippen MR) is 76.7 cm³/mol. The molecule has 1 aromatic heterocycles. The zero-order chi connectivity index (χ0) is 13.7. The van der Waals surface area contributed by atoms with Crippen LogP contribution in [0.5, 0.6) is 5.88 Å². The molecule has 0 atom stereocenters. The molecule has 106 valence electrons. The van der Waals surface area contributed by atoms with Crippen LogP contribution >= 0.6 is 0 Å². The maximum absolute atomic E-state index is 5.77. The van der Waals surface area contributed by atoms with E-state index in [1.807, 2.05) is 13.1 Å². The van der Waals surface area contributed by atoms with Crippen molar-refractivity contribution in [1.29, 1.82) is 0 Å². The first kappa shape index (κ1) is 14.1. The largest absolute Gasteiger partial charge is 0.476 e. The van der Waals surface area contributed by atoms with Gasteiger partial charge in [-0.15, -0.1) is 0 Å². The molecule has 0 spiro atoms. The molecule has 1 aliphatic carbocycles. The summed E-state index contributed by atoms with van der Waals surface area (Å²) >= 11 is 0. The van der Waals surface area contributed by atoms with Crippen LogP contribution < -0.4 is 10.1 Å². The molecule has 0 saturated heterocycles. The summed E-state index contributed by atoms with van der Waals surface area (Å²) in [5.74, 6) is 1.34. The lowest BCUT2D eigenvalue weighted by Gasteiger charge is -2.16. The molecule has 0 aromatic carbocycles. The lowest BCUT2D eigenvalue weighted by Crippen LogP contribution is -2.26. The van der Waals surface area contributed by atoms with Crippen molar-refractivity contribution in [3.05, 3.63) is 11.8 Å². The average Bonchev–Trinajstić information content (AvgIpc) is 3.23. The Kier molecular flexibility index (Phi) is 4.96. The first-order valence-electron chi connectivity index (χ1n) is 7.11. The van der Waals surface area contributed by atoms with Crippen molar-refractivity contribution in [1.82, 2.24) is 14.9 Å². The summed E-state index contributed by atoms with van der Waals surface area (Å²) in [4.78, 5) is 11.0. The molecule has 0 unspecified atom stereocenters. The standard InChI is InChI=1S/C14H24N4O/c1-4-7-15-14-16-10-11(2)13(17-14)19-9-8-18(3)12-5-6-12/h10,12H,4-9H2,1-3H3,(H,15,16,17). The molecule has 0 bridgehead atoms. The zero-order valence-corrected chi connectivity index (χ0v) is 12.1.